The van der Waals surface area contributed by atoms with Gasteiger partial charge in [0, 0.05) is 10.6 Å². The Morgan fingerprint density at radius 3 is 2.26 bits per heavy atom. The number of benzene rings is 2. The number of carbonyl (C=O) groups is 2. The van der Waals surface area contributed by atoms with Crippen LogP contribution in [0.2, 0.25) is 5.02 Å². The van der Waals surface area contributed by atoms with Crippen molar-refractivity contribution in [2.24, 2.45) is 0 Å². The molecule has 0 atom stereocenters. The minimum atomic E-state index is -4.54. The van der Waals surface area contributed by atoms with E-state index in [1.807, 2.05) is 0 Å². The summed E-state index contributed by atoms with van der Waals surface area (Å²) in [7, 11) is 0. The van der Waals surface area contributed by atoms with Crippen LogP contribution in [-0.2, 0) is 0 Å². The van der Waals surface area contributed by atoms with Crippen molar-refractivity contribution in [1.82, 2.24) is 5.32 Å². The van der Waals surface area contributed by atoms with Gasteiger partial charge in [0.2, 0.25) is 0 Å². The maximum absolute atomic E-state index is 13.5. The quantitative estimate of drug-likeness (QED) is 0.505. The molecule has 2 aromatic rings. The van der Waals surface area contributed by atoms with Gasteiger partial charge in [-0.3, -0.25) is 10.1 Å². The van der Waals surface area contributed by atoms with Gasteiger partial charge in [0.1, 0.15) is 17.2 Å². The van der Waals surface area contributed by atoms with Crippen LogP contribution in [0, 0.1) is 18.6 Å². The lowest BCUT2D eigenvalue weighted by atomic mass is 10.2. The molecule has 2 aromatic carbocycles. The van der Waals surface area contributed by atoms with E-state index in [-0.39, 0.29) is 21.2 Å². The van der Waals surface area contributed by atoms with Gasteiger partial charge in [-0.05, 0) is 48.5 Å². The van der Waals surface area contributed by atoms with Crippen molar-refractivity contribution in [3.05, 3.63) is 58.1 Å². The highest BCUT2D eigenvalue weighted by Crippen LogP contribution is 2.41. The molecule has 4 nitrogen and oxygen atoms in total. The topological polar surface area (TPSA) is 58.2 Å². The van der Waals surface area contributed by atoms with Crippen LogP contribution in [0.4, 0.5) is 32.4 Å². The van der Waals surface area contributed by atoms with E-state index in [0.29, 0.717) is 0 Å². The van der Waals surface area contributed by atoms with E-state index in [1.54, 1.807) is 5.32 Å². The molecule has 11 heteroatoms. The first-order chi connectivity index (χ1) is 12.5. The summed E-state index contributed by atoms with van der Waals surface area (Å²) in [5.41, 5.74) is -5.24. The fourth-order valence-corrected chi connectivity index (χ4v) is 2.95. The number of halogens is 6. The molecule has 3 amide bonds. The Balaban J connectivity index is 2.14. The van der Waals surface area contributed by atoms with Crippen molar-refractivity contribution >= 4 is 41.0 Å². The number of aryl methyl sites for hydroxylation is 1. The summed E-state index contributed by atoms with van der Waals surface area (Å²) in [5, 5.41) is 3.65. The fraction of sp³-hybridized carbons (Fsp3) is 0.125. The van der Waals surface area contributed by atoms with Crippen molar-refractivity contribution in [2.75, 3.05) is 5.32 Å². The summed E-state index contributed by atoms with van der Waals surface area (Å²) in [6.45, 7) is 1.41. The molecular formula is C16H10ClF5N2O2S. The number of anilines is 1. The highest BCUT2D eigenvalue weighted by Gasteiger charge is 2.30. The number of urea groups is 1. The molecule has 0 fully saturated rings. The Morgan fingerprint density at radius 1 is 1.11 bits per heavy atom. The Bertz CT molecular complexity index is 885. The molecule has 27 heavy (non-hydrogen) atoms. The van der Waals surface area contributed by atoms with Gasteiger partial charge in [0.05, 0.1) is 5.02 Å². The second kappa shape index (κ2) is 8.13. The third kappa shape index (κ3) is 5.57. The largest absolute Gasteiger partial charge is 0.446 e. The molecule has 0 radical (unpaired) electrons. The standard InChI is InChI=1S/C16H10ClF5N2O2S/c1-7-5-12(27-16(20,21)22)8(17)6-11(7)23-15(26)24-14(25)13-9(18)3-2-4-10(13)19/h2-6H,1H3,(H2,23,24,25,26). The number of alkyl halides is 3. The van der Waals surface area contributed by atoms with Crippen molar-refractivity contribution in [3.63, 3.8) is 0 Å². The summed E-state index contributed by atoms with van der Waals surface area (Å²) < 4.78 is 64.4. The lowest BCUT2D eigenvalue weighted by Gasteiger charge is -2.13. The molecule has 2 rings (SSSR count). The van der Waals surface area contributed by atoms with Gasteiger partial charge < -0.3 is 5.32 Å². The summed E-state index contributed by atoms with van der Waals surface area (Å²) in [6.07, 6.45) is 0. The van der Waals surface area contributed by atoms with Crippen molar-refractivity contribution < 1.29 is 31.5 Å². The molecule has 2 N–H and O–H groups in total. The van der Waals surface area contributed by atoms with Gasteiger partial charge in [-0.25, -0.2) is 13.6 Å². The molecule has 0 aliphatic carbocycles. The minimum absolute atomic E-state index is 0.0193. The van der Waals surface area contributed by atoms with Crippen LogP contribution in [-0.4, -0.2) is 17.4 Å². The first-order valence-corrected chi connectivity index (χ1v) is 8.29. The Kier molecular flexibility index (Phi) is 6.32. The third-order valence-corrected chi connectivity index (χ3v) is 4.38. The van der Waals surface area contributed by atoms with Crippen LogP contribution in [0.25, 0.3) is 0 Å². The van der Waals surface area contributed by atoms with E-state index in [2.05, 4.69) is 5.32 Å². The molecule has 144 valence electrons. The number of rotatable bonds is 3. The van der Waals surface area contributed by atoms with E-state index in [4.69, 9.17) is 11.6 Å². The number of hydrogen-bond donors (Lipinski definition) is 2. The van der Waals surface area contributed by atoms with Crippen LogP contribution < -0.4 is 10.6 Å². The number of carbonyl (C=O) groups excluding carboxylic acids is 2. The first kappa shape index (κ1) is 21.0. The number of thioether (sulfide) groups is 1. The minimum Gasteiger partial charge on any atom is -0.307 e. The van der Waals surface area contributed by atoms with E-state index >= 15 is 0 Å². The molecule has 0 heterocycles. The van der Waals surface area contributed by atoms with Gasteiger partial charge in [0.25, 0.3) is 5.91 Å². The summed E-state index contributed by atoms with van der Waals surface area (Å²) in [4.78, 5) is 23.5. The number of amides is 3. The van der Waals surface area contributed by atoms with Gasteiger partial charge in [0.15, 0.2) is 0 Å². The second-order valence-corrected chi connectivity index (χ2v) is 6.66. The van der Waals surface area contributed by atoms with E-state index in [0.717, 1.165) is 30.3 Å². The first-order valence-electron chi connectivity index (χ1n) is 7.10. The molecule has 0 saturated carbocycles. The third-order valence-electron chi connectivity index (χ3n) is 3.17. The van der Waals surface area contributed by atoms with Crippen molar-refractivity contribution in [3.8, 4) is 0 Å². The van der Waals surface area contributed by atoms with Crippen molar-refractivity contribution in [1.29, 1.82) is 0 Å². The van der Waals surface area contributed by atoms with E-state index in [9.17, 15) is 31.5 Å². The monoisotopic (exact) mass is 424 g/mol. The van der Waals surface area contributed by atoms with Crippen molar-refractivity contribution in [2.45, 2.75) is 17.3 Å². The van der Waals surface area contributed by atoms with E-state index < -0.39 is 46.4 Å². The number of imide groups is 1. The van der Waals surface area contributed by atoms with Crippen LogP contribution in [0.1, 0.15) is 15.9 Å². The smallest absolute Gasteiger partial charge is 0.307 e. The van der Waals surface area contributed by atoms with E-state index in [1.165, 1.54) is 6.92 Å². The molecule has 0 spiro atoms. The highest BCUT2D eigenvalue weighted by atomic mass is 35.5. The molecule has 0 unspecified atom stereocenters. The second-order valence-electron chi connectivity index (χ2n) is 5.15. The highest BCUT2D eigenvalue weighted by molar-refractivity contribution is 8.00. The average molecular weight is 425 g/mol. The number of hydrogen-bond acceptors (Lipinski definition) is 3. The zero-order chi connectivity index (χ0) is 20.4. The lowest BCUT2D eigenvalue weighted by molar-refractivity contribution is -0.0328. The predicted molar refractivity (Wildman–Crippen MR) is 90.9 cm³/mol. The van der Waals surface area contributed by atoms with Gasteiger partial charge in [-0.15, -0.1) is 0 Å². The van der Waals surface area contributed by atoms with Gasteiger partial charge >= 0.3 is 11.5 Å². The zero-order valence-electron chi connectivity index (χ0n) is 13.4. The normalized spacial score (nSPS) is 11.2. The molecule has 0 aliphatic rings. The number of nitrogens with one attached hydrogen (secondary N) is 2. The van der Waals surface area contributed by atoms with Gasteiger partial charge in [-0.2, -0.15) is 13.2 Å². The lowest BCUT2D eigenvalue weighted by Crippen LogP contribution is -2.35. The maximum atomic E-state index is 13.5. The SMILES string of the molecule is Cc1cc(SC(F)(F)F)c(Cl)cc1NC(=O)NC(=O)c1c(F)cccc1F. The zero-order valence-corrected chi connectivity index (χ0v) is 15.0. The average Bonchev–Trinajstić information content (AvgIpc) is 2.50. The molecule has 0 aromatic heterocycles. The molecule has 0 bridgehead atoms. The molecular weight excluding hydrogens is 415 g/mol. The Hall–Kier alpha value is -2.33. The Labute approximate surface area is 159 Å². The Morgan fingerprint density at radius 2 is 1.70 bits per heavy atom. The molecule has 0 saturated heterocycles. The van der Waals surface area contributed by atoms with Crippen LogP contribution >= 0.6 is 23.4 Å². The molecule has 0 aliphatic heterocycles. The fourth-order valence-electron chi connectivity index (χ4n) is 2.03. The summed E-state index contributed by atoms with van der Waals surface area (Å²) in [6, 6.07) is 3.77. The van der Waals surface area contributed by atoms with Crippen LogP contribution in [0.5, 0.6) is 0 Å². The summed E-state index contributed by atoms with van der Waals surface area (Å²) >= 11 is 5.36. The van der Waals surface area contributed by atoms with Gasteiger partial charge in [-0.1, -0.05) is 17.7 Å². The summed E-state index contributed by atoms with van der Waals surface area (Å²) in [5.74, 6) is -3.64. The predicted octanol–water partition coefficient (Wildman–Crippen LogP) is 5.50. The van der Waals surface area contributed by atoms with Crippen LogP contribution in [0.3, 0.4) is 0 Å². The van der Waals surface area contributed by atoms with Crippen LogP contribution in [0.15, 0.2) is 35.2 Å². The maximum Gasteiger partial charge on any atom is 0.446 e.